The van der Waals surface area contributed by atoms with Gasteiger partial charge in [0.1, 0.15) is 0 Å². The van der Waals surface area contributed by atoms with Gasteiger partial charge in [0.2, 0.25) is 0 Å². The van der Waals surface area contributed by atoms with Gasteiger partial charge < -0.3 is 9.84 Å². The van der Waals surface area contributed by atoms with Crippen LogP contribution in [0.4, 0.5) is 0 Å². The van der Waals surface area contributed by atoms with Crippen LogP contribution in [0.2, 0.25) is 5.02 Å². The number of rotatable bonds is 7. The third kappa shape index (κ3) is 4.49. The minimum atomic E-state index is -3.58. The van der Waals surface area contributed by atoms with Crippen LogP contribution in [-0.4, -0.2) is 39.0 Å². The van der Waals surface area contributed by atoms with E-state index in [0.717, 1.165) is 6.07 Å². The van der Waals surface area contributed by atoms with Gasteiger partial charge in [0, 0.05) is 13.7 Å². The lowest BCUT2D eigenvalue weighted by Gasteiger charge is -2.07. The van der Waals surface area contributed by atoms with E-state index in [1.807, 2.05) is 0 Å². The Morgan fingerprint density at radius 3 is 2.63 bits per heavy atom. The van der Waals surface area contributed by atoms with E-state index in [1.54, 1.807) is 7.11 Å². The van der Waals surface area contributed by atoms with Gasteiger partial charge in [0.05, 0.1) is 21.2 Å². The first-order valence-corrected chi connectivity index (χ1v) is 7.66. The predicted molar refractivity (Wildman–Crippen MR) is 71.6 cm³/mol. The van der Waals surface area contributed by atoms with Gasteiger partial charge in [0.15, 0.2) is 9.84 Å². The van der Waals surface area contributed by atoms with Crippen LogP contribution in [0.25, 0.3) is 0 Å². The highest BCUT2D eigenvalue weighted by Gasteiger charge is 2.19. The first-order valence-electron chi connectivity index (χ1n) is 5.63. The minimum absolute atomic E-state index is 0.0386. The van der Waals surface area contributed by atoms with E-state index in [0.29, 0.717) is 19.4 Å². The Labute approximate surface area is 117 Å². The molecule has 1 aromatic rings. The maximum absolute atomic E-state index is 12.1. The zero-order chi connectivity index (χ0) is 14.5. The zero-order valence-electron chi connectivity index (χ0n) is 10.4. The van der Waals surface area contributed by atoms with Gasteiger partial charge in [-0.3, -0.25) is 0 Å². The molecule has 0 saturated heterocycles. The number of halogens is 1. The number of sulfone groups is 1. The summed E-state index contributed by atoms with van der Waals surface area (Å²) in [4.78, 5) is 10.7. The highest BCUT2D eigenvalue weighted by atomic mass is 35.5. The monoisotopic (exact) mass is 306 g/mol. The number of hydrogen-bond donors (Lipinski definition) is 1. The minimum Gasteiger partial charge on any atom is -0.478 e. The molecule has 0 fully saturated rings. The van der Waals surface area contributed by atoms with Crippen LogP contribution >= 0.6 is 11.6 Å². The highest BCUT2D eigenvalue weighted by Crippen LogP contribution is 2.24. The number of benzene rings is 1. The van der Waals surface area contributed by atoms with Crippen molar-refractivity contribution in [3.63, 3.8) is 0 Å². The van der Waals surface area contributed by atoms with E-state index in [-0.39, 0.29) is 21.2 Å². The second-order valence-electron chi connectivity index (χ2n) is 3.97. The van der Waals surface area contributed by atoms with Crippen molar-refractivity contribution in [3.05, 3.63) is 28.8 Å². The lowest BCUT2D eigenvalue weighted by Crippen LogP contribution is -2.10. The van der Waals surface area contributed by atoms with Crippen LogP contribution < -0.4 is 0 Å². The summed E-state index contributed by atoms with van der Waals surface area (Å²) in [6.45, 7) is 0.485. The number of aromatic carboxylic acids is 1. The molecule has 106 valence electrons. The van der Waals surface area contributed by atoms with Gasteiger partial charge in [-0.25, -0.2) is 13.2 Å². The molecule has 5 nitrogen and oxygen atoms in total. The Morgan fingerprint density at radius 2 is 2.05 bits per heavy atom. The molecular weight excluding hydrogens is 292 g/mol. The smallest absolute Gasteiger partial charge is 0.335 e. The lowest BCUT2D eigenvalue weighted by atomic mass is 10.2. The van der Waals surface area contributed by atoms with Crippen LogP contribution in [0, 0.1) is 0 Å². The van der Waals surface area contributed by atoms with E-state index < -0.39 is 15.8 Å². The summed E-state index contributed by atoms with van der Waals surface area (Å²) >= 11 is 5.83. The first-order chi connectivity index (χ1) is 8.88. The molecule has 0 aliphatic rings. The maximum atomic E-state index is 12.1. The number of ether oxygens (including phenoxy) is 1. The molecule has 0 aromatic heterocycles. The number of unbranched alkanes of at least 4 members (excludes halogenated alkanes) is 1. The van der Waals surface area contributed by atoms with E-state index >= 15 is 0 Å². The Bertz CT molecular complexity index is 553. The normalized spacial score (nSPS) is 11.5. The Hall–Kier alpha value is -1.11. The summed E-state index contributed by atoms with van der Waals surface area (Å²) in [5.74, 6) is -1.27. The first kappa shape index (κ1) is 15.9. The molecule has 7 heteroatoms. The van der Waals surface area contributed by atoms with E-state index in [1.165, 1.54) is 12.1 Å². The molecule has 0 aliphatic carbocycles. The predicted octanol–water partition coefficient (Wildman–Crippen LogP) is 2.24. The van der Waals surface area contributed by atoms with Crippen molar-refractivity contribution < 1.29 is 23.1 Å². The summed E-state index contributed by atoms with van der Waals surface area (Å²) < 4.78 is 29.0. The molecule has 1 aromatic carbocycles. The van der Waals surface area contributed by atoms with Crippen LogP contribution in [0.15, 0.2) is 23.1 Å². The second kappa shape index (κ2) is 6.88. The summed E-state index contributed by atoms with van der Waals surface area (Å²) in [7, 11) is -2.03. The zero-order valence-corrected chi connectivity index (χ0v) is 12.0. The lowest BCUT2D eigenvalue weighted by molar-refractivity contribution is 0.0696. The molecule has 0 atom stereocenters. The van der Waals surface area contributed by atoms with Crippen molar-refractivity contribution in [3.8, 4) is 0 Å². The standard InChI is InChI=1S/C12H15ClO5S/c1-18-6-2-3-7-19(16,17)11-8-9(12(14)15)4-5-10(11)13/h4-5,8H,2-3,6-7H2,1H3,(H,14,15). The van der Waals surface area contributed by atoms with Crippen LogP contribution in [-0.2, 0) is 14.6 Å². The molecule has 0 heterocycles. The van der Waals surface area contributed by atoms with Gasteiger partial charge in [-0.1, -0.05) is 11.6 Å². The third-order valence-corrected chi connectivity index (χ3v) is 4.80. The summed E-state index contributed by atoms with van der Waals surface area (Å²) in [5.41, 5.74) is -0.0973. The summed E-state index contributed by atoms with van der Waals surface area (Å²) in [6, 6.07) is 3.65. The molecule has 0 saturated carbocycles. The fourth-order valence-electron chi connectivity index (χ4n) is 1.52. The van der Waals surface area contributed by atoms with Gasteiger partial charge in [-0.15, -0.1) is 0 Å². The molecule has 0 spiro atoms. The van der Waals surface area contributed by atoms with E-state index in [4.69, 9.17) is 21.4 Å². The molecule has 0 radical (unpaired) electrons. The molecule has 19 heavy (non-hydrogen) atoms. The van der Waals surface area contributed by atoms with Crippen LogP contribution in [0.3, 0.4) is 0 Å². The number of carboxylic acids is 1. The van der Waals surface area contributed by atoms with Crippen molar-refractivity contribution in [1.29, 1.82) is 0 Å². The topological polar surface area (TPSA) is 80.7 Å². The van der Waals surface area contributed by atoms with Gasteiger partial charge >= 0.3 is 5.97 Å². The highest BCUT2D eigenvalue weighted by molar-refractivity contribution is 7.91. The SMILES string of the molecule is COCCCCS(=O)(=O)c1cc(C(=O)O)ccc1Cl. The molecule has 0 aliphatic heterocycles. The number of carboxylic acid groups (broad SMARTS) is 1. The number of methoxy groups -OCH3 is 1. The van der Waals surface area contributed by atoms with Crippen molar-refractivity contribution in [1.82, 2.24) is 0 Å². The Balaban J connectivity index is 2.94. The Kier molecular flexibility index (Phi) is 5.78. The van der Waals surface area contributed by atoms with Gasteiger partial charge in [-0.2, -0.15) is 0 Å². The van der Waals surface area contributed by atoms with E-state index in [2.05, 4.69) is 0 Å². The molecular formula is C12H15ClO5S. The van der Waals surface area contributed by atoms with Crippen molar-refractivity contribution in [2.75, 3.05) is 19.5 Å². The number of carbonyl (C=O) groups is 1. The largest absolute Gasteiger partial charge is 0.478 e. The molecule has 1 rings (SSSR count). The third-order valence-electron chi connectivity index (χ3n) is 2.52. The van der Waals surface area contributed by atoms with Crippen molar-refractivity contribution >= 4 is 27.4 Å². The van der Waals surface area contributed by atoms with Gasteiger partial charge in [-0.05, 0) is 31.0 Å². The van der Waals surface area contributed by atoms with E-state index in [9.17, 15) is 13.2 Å². The van der Waals surface area contributed by atoms with Gasteiger partial charge in [0.25, 0.3) is 0 Å². The molecule has 1 N–H and O–H groups in total. The average molecular weight is 307 g/mol. The van der Waals surface area contributed by atoms with Crippen LogP contribution in [0.1, 0.15) is 23.2 Å². The summed E-state index contributed by atoms with van der Waals surface area (Å²) in [5, 5.41) is 8.90. The Morgan fingerprint density at radius 1 is 1.37 bits per heavy atom. The van der Waals surface area contributed by atoms with Crippen LogP contribution in [0.5, 0.6) is 0 Å². The second-order valence-corrected chi connectivity index (χ2v) is 6.45. The number of hydrogen-bond acceptors (Lipinski definition) is 4. The van der Waals surface area contributed by atoms with Crippen molar-refractivity contribution in [2.24, 2.45) is 0 Å². The quantitative estimate of drug-likeness (QED) is 0.781. The molecule has 0 bridgehead atoms. The fraction of sp³-hybridized carbons (Fsp3) is 0.417. The average Bonchev–Trinajstić information content (AvgIpc) is 2.34. The maximum Gasteiger partial charge on any atom is 0.335 e. The summed E-state index contributed by atoms with van der Waals surface area (Å²) in [6.07, 6.45) is 1.05. The van der Waals surface area contributed by atoms with Crippen molar-refractivity contribution in [2.45, 2.75) is 17.7 Å². The fourth-order valence-corrected chi connectivity index (χ4v) is 3.47. The molecule has 0 amide bonds. The molecule has 0 unspecified atom stereocenters.